The lowest BCUT2D eigenvalue weighted by molar-refractivity contribution is 0.134. The molecule has 0 aromatic rings. The van der Waals surface area contributed by atoms with Gasteiger partial charge in [0.05, 0.1) is 6.61 Å². The Morgan fingerprint density at radius 1 is 1.67 bits per heavy atom. The van der Waals surface area contributed by atoms with Gasteiger partial charge in [-0.3, -0.25) is 0 Å². The zero-order valence-electron chi connectivity index (χ0n) is 7.07. The highest BCUT2D eigenvalue weighted by Gasteiger charge is 2.03. The summed E-state index contributed by atoms with van der Waals surface area (Å²) >= 11 is -2.01. The summed E-state index contributed by atoms with van der Waals surface area (Å²) in [7, 11) is 0. The number of nitrogens with one attached hydrogen (secondary N) is 1. The maximum Gasteiger partial charge on any atom is 0.407 e. The Balaban J connectivity index is 3.40. The summed E-state index contributed by atoms with van der Waals surface area (Å²) in [6.45, 7) is 4.11. The van der Waals surface area contributed by atoms with Crippen LogP contribution in [0.15, 0.2) is 0 Å². The van der Waals surface area contributed by atoms with Crippen molar-refractivity contribution in [2.75, 3.05) is 12.5 Å². The molecule has 0 rings (SSSR count). The SMILES string of the molecule is CC(C)COC(=O)NCS(=O)O. The third-order valence-electron chi connectivity index (χ3n) is 0.888. The van der Waals surface area contributed by atoms with Gasteiger partial charge in [-0.1, -0.05) is 13.8 Å². The van der Waals surface area contributed by atoms with Crippen LogP contribution in [0.5, 0.6) is 0 Å². The minimum Gasteiger partial charge on any atom is -0.449 e. The lowest BCUT2D eigenvalue weighted by atomic mass is 10.2. The van der Waals surface area contributed by atoms with Crippen LogP contribution < -0.4 is 5.32 Å². The largest absolute Gasteiger partial charge is 0.449 e. The third-order valence-corrected chi connectivity index (χ3v) is 1.28. The molecule has 1 atom stereocenters. The Morgan fingerprint density at radius 3 is 2.67 bits per heavy atom. The van der Waals surface area contributed by atoms with Crippen LogP contribution in [0, 0.1) is 5.92 Å². The van der Waals surface area contributed by atoms with E-state index in [1.54, 1.807) is 0 Å². The summed E-state index contributed by atoms with van der Waals surface area (Å²) in [6.07, 6.45) is -0.661. The molecule has 0 aliphatic carbocycles. The topological polar surface area (TPSA) is 75.6 Å². The Kier molecular flexibility index (Phi) is 5.65. The highest BCUT2D eigenvalue weighted by molar-refractivity contribution is 7.79. The molecule has 0 spiro atoms. The number of amides is 1. The van der Waals surface area contributed by atoms with Gasteiger partial charge in [-0.2, -0.15) is 0 Å². The van der Waals surface area contributed by atoms with Gasteiger partial charge in [0.2, 0.25) is 0 Å². The van der Waals surface area contributed by atoms with Crippen LogP contribution in [0.2, 0.25) is 0 Å². The quantitative estimate of drug-likeness (QED) is 0.642. The average molecular weight is 195 g/mol. The molecule has 0 saturated heterocycles. The first-order valence-corrected chi connectivity index (χ1v) is 4.78. The molecule has 0 fully saturated rings. The Morgan fingerprint density at radius 2 is 2.25 bits per heavy atom. The molecular formula is C6H13NO4S. The second-order valence-corrected chi connectivity index (χ2v) is 3.57. The van der Waals surface area contributed by atoms with Gasteiger partial charge in [0.25, 0.3) is 0 Å². The van der Waals surface area contributed by atoms with Crippen molar-refractivity contribution in [3.63, 3.8) is 0 Å². The molecule has 5 nitrogen and oxygen atoms in total. The van der Waals surface area contributed by atoms with E-state index >= 15 is 0 Å². The summed E-state index contributed by atoms with van der Waals surface area (Å²) in [5.41, 5.74) is 0. The van der Waals surface area contributed by atoms with E-state index in [2.05, 4.69) is 10.1 Å². The minimum absolute atomic E-state index is 0.260. The molecule has 0 aromatic carbocycles. The number of ether oxygens (including phenoxy) is 1. The maximum absolute atomic E-state index is 10.7. The number of hydrogen-bond acceptors (Lipinski definition) is 3. The molecule has 1 unspecified atom stereocenters. The molecule has 0 heterocycles. The monoisotopic (exact) mass is 195 g/mol. The van der Waals surface area contributed by atoms with Crippen molar-refractivity contribution >= 4 is 17.2 Å². The first kappa shape index (κ1) is 11.4. The first-order chi connectivity index (χ1) is 5.52. The van der Waals surface area contributed by atoms with E-state index in [1.165, 1.54) is 0 Å². The molecule has 72 valence electrons. The fourth-order valence-electron chi connectivity index (χ4n) is 0.414. The number of carbonyl (C=O) groups is 1. The van der Waals surface area contributed by atoms with Gasteiger partial charge < -0.3 is 14.6 Å². The molecule has 6 heteroatoms. The normalized spacial score (nSPS) is 12.7. The summed E-state index contributed by atoms with van der Waals surface area (Å²) in [5.74, 6) is -0.0351. The average Bonchev–Trinajstić information content (AvgIpc) is 1.96. The number of alkyl carbamates (subject to hydrolysis) is 1. The Labute approximate surface area is 73.8 Å². The molecular weight excluding hydrogens is 182 g/mol. The van der Waals surface area contributed by atoms with E-state index in [9.17, 15) is 9.00 Å². The molecule has 2 N–H and O–H groups in total. The van der Waals surface area contributed by atoms with E-state index in [0.29, 0.717) is 6.61 Å². The van der Waals surface area contributed by atoms with E-state index in [4.69, 9.17) is 4.55 Å². The van der Waals surface area contributed by atoms with E-state index in [1.807, 2.05) is 13.8 Å². The highest BCUT2D eigenvalue weighted by Crippen LogP contribution is 1.92. The van der Waals surface area contributed by atoms with Crippen LogP contribution in [0.25, 0.3) is 0 Å². The summed E-state index contributed by atoms with van der Waals surface area (Å²) in [6, 6.07) is 0. The van der Waals surface area contributed by atoms with Crippen molar-refractivity contribution in [2.45, 2.75) is 13.8 Å². The van der Waals surface area contributed by atoms with E-state index < -0.39 is 17.2 Å². The number of hydrogen-bond donors (Lipinski definition) is 2. The van der Waals surface area contributed by atoms with Crippen molar-refractivity contribution < 1.29 is 18.3 Å². The molecule has 0 saturated carbocycles. The zero-order chi connectivity index (χ0) is 9.56. The molecule has 1 amide bonds. The van der Waals surface area contributed by atoms with Gasteiger partial charge in [0, 0.05) is 0 Å². The lowest BCUT2D eigenvalue weighted by Gasteiger charge is -2.06. The predicted molar refractivity (Wildman–Crippen MR) is 45.0 cm³/mol. The number of carbonyl (C=O) groups excluding carboxylic acids is 1. The maximum atomic E-state index is 10.7. The zero-order valence-corrected chi connectivity index (χ0v) is 7.89. The van der Waals surface area contributed by atoms with Crippen LogP contribution in [0.1, 0.15) is 13.8 Å². The van der Waals surface area contributed by atoms with Crippen molar-refractivity contribution in [2.24, 2.45) is 5.92 Å². The second kappa shape index (κ2) is 5.96. The molecule has 0 bridgehead atoms. The molecule has 0 aliphatic rings. The van der Waals surface area contributed by atoms with Crippen molar-refractivity contribution in [3.8, 4) is 0 Å². The first-order valence-electron chi connectivity index (χ1n) is 3.50. The highest BCUT2D eigenvalue weighted by atomic mass is 32.2. The van der Waals surface area contributed by atoms with Gasteiger partial charge in [-0.05, 0) is 5.92 Å². The minimum atomic E-state index is -2.01. The Bertz CT molecular complexity index is 171. The number of rotatable bonds is 4. The Hall–Kier alpha value is -0.620. The molecule has 0 aromatic heterocycles. The summed E-state index contributed by atoms with van der Waals surface area (Å²) in [5, 5.41) is 2.13. The van der Waals surface area contributed by atoms with Gasteiger partial charge >= 0.3 is 6.09 Å². The predicted octanol–water partition coefficient (Wildman–Crippen LogP) is 0.548. The van der Waals surface area contributed by atoms with Gasteiger partial charge in [-0.25, -0.2) is 9.00 Å². The van der Waals surface area contributed by atoms with Crippen molar-refractivity contribution in [1.29, 1.82) is 0 Å². The third kappa shape index (κ3) is 7.49. The molecule has 12 heavy (non-hydrogen) atoms. The van der Waals surface area contributed by atoms with E-state index in [-0.39, 0.29) is 11.8 Å². The van der Waals surface area contributed by atoms with Crippen molar-refractivity contribution in [3.05, 3.63) is 0 Å². The van der Waals surface area contributed by atoms with Crippen LogP contribution in [0.4, 0.5) is 4.79 Å². The molecule has 0 radical (unpaired) electrons. The van der Waals surface area contributed by atoms with E-state index in [0.717, 1.165) is 0 Å². The second-order valence-electron chi connectivity index (χ2n) is 2.63. The fourth-order valence-corrected chi connectivity index (χ4v) is 0.655. The van der Waals surface area contributed by atoms with Crippen LogP contribution in [-0.4, -0.2) is 27.3 Å². The van der Waals surface area contributed by atoms with Gasteiger partial charge in [0.1, 0.15) is 5.88 Å². The van der Waals surface area contributed by atoms with Crippen LogP contribution in [-0.2, 0) is 15.8 Å². The van der Waals surface area contributed by atoms with Gasteiger partial charge in [0.15, 0.2) is 11.1 Å². The van der Waals surface area contributed by atoms with Crippen molar-refractivity contribution in [1.82, 2.24) is 5.32 Å². The standard InChI is InChI=1S/C6H13NO4S/c1-5(2)3-11-6(8)7-4-12(9)10/h5H,3-4H2,1-2H3,(H,7,8)(H,9,10). The van der Waals surface area contributed by atoms with Crippen LogP contribution in [0.3, 0.4) is 0 Å². The summed E-state index contributed by atoms with van der Waals surface area (Å²) in [4.78, 5) is 10.7. The van der Waals surface area contributed by atoms with Gasteiger partial charge in [-0.15, -0.1) is 0 Å². The fraction of sp³-hybridized carbons (Fsp3) is 0.833. The smallest absolute Gasteiger partial charge is 0.407 e. The summed E-state index contributed by atoms with van der Waals surface area (Å²) < 4.78 is 23.0. The molecule has 0 aliphatic heterocycles. The van der Waals surface area contributed by atoms with Crippen LogP contribution >= 0.6 is 0 Å². The lowest BCUT2D eigenvalue weighted by Crippen LogP contribution is -2.28.